The Balaban J connectivity index is 1.54. The summed E-state index contributed by atoms with van der Waals surface area (Å²) in [7, 11) is 6.62. The first-order valence-electron chi connectivity index (χ1n) is 10.4. The standard InChI is InChI=1S/C18H31N6O4P3/c1-18(2)27-13-11(8-25-31(29)30)26-17(14(13)28-18)24-10-23-12-15(21-9-22-16(12)24)20-7-5-4-6-19-3/h9-11,13-14,17,19H,4-8,29-30H2,1-3H3,(H,20,21,22). The molecule has 2 fully saturated rings. The zero-order chi connectivity index (χ0) is 22.0. The molecule has 2 aromatic rings. The molecule has 0 aliphatic carbocycles. The molecule has 2 aliphatic rings. The monoisotopic (exact) mass is 488 g/mol. The van der Waals surface area contributed by atoms with Gasteiger partial charge in [-0.3, -0.25) is 4.57 Å². The SMILES string of the molecule is CNCCCCNc1ncnc2c1ncn2C1OC(COP(P)P)C2OC(C)(C)OC21. The summed E-state index contributed by atoms with van der Waals surface area (Å²) in [6.07, 6.45) is 4.26. The van der Waals surface area contributed by atoms with Crippen molar-refractivity contribution in [2.24, 2.45) is 0 Å². The number of unbranched alkanes of at least 4 members (excludes halogenated alkanes) is 1. The number of aromatic nitrogens is 4. The number of nitrogens with one attached hydrogen (secondary N) is 2. The van der Waals surface area contributed by atoms with E-state index >= 15 is 0 Å². The van der Waals surface area contributed by atoms with Crippen molar-refractivity contribution in [1.29, 1.82) is 0 Å². The van der Waals surface area contributed by atoms with E-state index in [0.717, 1.165) is 31.7 Å². The maximum atomic E-state index is 6.34. The fraction of sp³-hybridized carbons (Fsp3) is 0.722. The Morgan fingerprint density at radius 3 is 2.71 bits per heavy atom. The van der Waals surface area contributed by atoms with Crippen molar-refractivity contribution in [3.63, 3.8) is 0 Å². The highest BCUT2D eigenvalue weighted by atomic mass is 32.4. The molecule has 6 unspecified atom stereocenters. The first kappa shape index (κ1) is 23.6. The van der Waals surface area contributed by atoms with Crippen molar-refractivity contribution in [2.75, 3.05) is 32.1 Å². The maximum Gasteiger partial charge on any atom is 0.167 e. The van der Waals surface area contributed by atoms with Crippen LogP contribution in [0.3, 0.4) is 0 Å². The lowest BCUT2D eigenvalue weighted by atomic mass is 10.1. The lowest BCUT2D eigenvalue weighted by molar-refractivity contribution is -0.198. The van der Waals surface area contributed by atoms with Gasteiger partial charge in [-0.05, 0) is 40.3 Å². The highest BCUT2D eigenvalue weighted by molar-refractivity contribution is 8.41. The zero-order valence-corrected chi connectivity index (χ0v) is 21.2. The molecule has 0 saturated carbocycles. The van der Waals surface area contributed by atoms with Crippen molar-refractivity contribution in [3.8, 4) is 0 Å². The Morgan fingerprint density at radius 2 is 1.94 bits per heavy atom. The third-order valence-electron chi connectivity index (χ3n) is 5.29. The van der Waals surface area contributed by atoms with E-state index in [2.05, 4.69) is 43.4 Å². The molecule has 2 N–H and O–H groups in total. The van der Waals surface area contributed by atoms with Crippen LogP contribution < -0.4 is 10.6 Å². The number of imidazole rings is 1. The van der Waals surface area contributed by atoms with E-state index in [1.165, 1.54) is 0 Å². The van der Waals surface area contributed by atoms with Crippen molar-refractivity contribution in [3.05, 3.63) is 12.7 Å². The highest BCUT2D eigenvalue weighted by Crippen LogP contribution is 2.54. The summed E-state index contributed by atoms with van der Waals surface area (Å²) in [4.78, 5) is 13.4. The minimum absolute atomic E-state index is 0.228. The molecule has 2 aromatic heterocycles. The molecular weight excluding hydrogens is 457 g/mol. The summed E-state index contributed by atoms with van der Waals surface area (Å²) in [6, 6.07) is 0. The number of ether oxygens (including phenoxy) is 3. The number of nitrogens with zero attached hydrogens (tertiary/aromatic N) is 4. The second-order valence-electron chi connectivity index (χ2n) is 8.07. The predicted molar refractivity (Wildman–Crippen MR) is 127 cm³/mol. The van der Waals surface area contributed by atoms with Gasteiger partial charge in [0.15, 0.2) is 29.0 Å². The molecule has 0 spiro atoms. The van der Waals surface area contributed by atoms with Crippen LogP contribution in [0.25, 0.3) is 11.2 Å². The van der Waals surface area contributed by atoms with Gasteiger partial charge in [0.25, 0.3) is 0 Å². The molecule has 0 aromatic carbocycles. The third-order valence-corrected chi connectivity index (χ3v) is 6.63. The van der Waals surface area contributed by atoms with Gasteiger partial charge in [-0.25, -0.2) is 15.0 Å². The number of anilines is 1. The number of rotatable bonds is 10. The van der Waals surface area contributed by atoms with Crippen molar-refractivity contribution >= 4 is 42.4 Å². The van der Waals surface area contributed by atoms with Gasteiger partial charge in [-0.1, -0.05) is 17.9 Å². The Morgan fingerprint density at radius 1 is 1.16 bits per heavy atom. The van der Waals surface area contributed by atoms with Gasteiger partial charge in [0, 0.05) is 6.54 Å². The van der Waals surface area contributed by atoms with Crippen LogP contribution in [0, 0.1) is 0 Å². The van der Waals surface area contributed by atoms with Crippen LogP contribution in [0.1, 0.15) is 32.9 Å². The summed E-state index contributed by atoms with van der Waals surface area (Å²) in [5.74, 6) is 0.0384. The van der Waals surface area contributed by atoms with Crippen LogP contribution in [-0.2, 0) is 18.7 Å². The van der Waals surface area contributed by atoms with Gasteiger partial charge in [0.1, 0.15) is 24.6 Å². The van der Waals surface area contributed by atoms with Crippen LogP contribution in [0.4, 0.5) is 5.82 Å². The minimum atomic E-state index is -0.687. The lowest BCUT2D eigenvalue weighted by Gasteiger charge is -2.25. The Kier molecular flexibility index (Phi) is 7.72. The average Bonchev–Trinajstić information content (AvgIpc) is 3.37. The quantitative estimate of drug-likeness (QED) is 0.386. The summed E-state index contributed by atoms with van der Waals surface area (Å²) in [6.45, 7) is 6.08. The number of fused-ring (bicyclic) bond motifs is 2. The minimum Gasteiger partial charge on any atom is -0.368 e. The molecule has 31 heavy (non-hydrogen) atoms. The molecule has 13 heteroatoms. The predicted octanol–water partition coefficient (Wildman–Crippen LogP) is 2.65. The third kappa shape index (κ3) is 5.34. The number of hydrogen-bond donors (Lipinski definition) is 2. The molecule has 4 heterocycles. The van der Waals surface area contributed by atoms with Gasteiger partial charge < -0.3 is 29.4 Å². The maximum absolute atomic E-state index is 6.34. The van der Waals surface area contributed by atoms with E-state index in [9.17, 15) is 0 Å². The molecule has 0 amide bonds. The molecule has 10 nitrogen and oxygen atoms in total. The fourth-order valence-electron chi connectivity index (χ4n) is 3.98. The summed E-state index contributed by atoms with van der Waals surface area (Å²) in [5, 5.41) is 6.54. The van der Waals surface area contributed by atoms with Gasteiger partial charge in [0.2, 0.25) is 0 Å². The van der Waals surface area contributed by atoms with Crippen molar-refractivity contribution in [2.45, 2.75) is 57.0 Å². The molecule has 2 saturated heterocycles. The van der Waals surface area contributed by atoms with Gasteiger partial charge in [-0.15, -0.1) is 0 Å². The number of hydrogen-bond acceptors (Lipinski definition) is 9. The molecule has 6 atom stereocenters. The molecule has 0 radical (unpaired) electrons. The zero-order valence-electron chi connectivity index (χ0n) is 18.0. The second-order valence-corrected chi connectivity index (χ2v) is 13.9. The van der Waals surface area contributed by atoms with E-state index < -0.39 is 19.5 Å². The average molecular weight is 488 g/mol. The second kappa shape index (κ2) is 10.1. The van der Waals surface area contributed by atoms with Gasteiger partial charge in [-0.2, -0.15) is 0 Å². The smallest absolute Gasteiger partial charge is 0.167 e. The van der Waals surface area contributed by atoms with E-state index in [0.29, 0.717) is 17.8 Å². The molecule has 4 rings (SSSR count). The van der Waals surface area contributed by atoms with E-state index in [1.54, 1.807) is 12.7 Å². The Hall–Kier alpha value is -0.560. The van der Waals surface area contributed by atoms with Crippen molar-refractivity contribution < 1.29 is 18.7 Å². The molecule has 0 bridgehead atoms. The van der Waals surface area contributed by atoms with Crippen LogP contribution in [0.2, 0.25) is 0 Å². The van der Waals surface area contributed by atoms with Gasteiger partial charge in [0.05, 0.1) is 20.5 Å². The first-order valence-corrected chi connectivity index (χ1v) is 14.9. The summed E-state index contributed by atoms with van der Waals surface area (Å²) >= 11 is 0. The molecular formula is C18H31N6O4P3. The molecule has 2 aliphatic heterocycles. The topological polar surface area (TPSA) is 105 Å². The first-order chi connectivity index (χ1) is 14.9. The van der Waals surface area contributed by atoms with Crippen LogP contribution in [-0.4, -0.2) is 70.4 Å². The van der Waals surface area contributed by atoms with Gasteiger partial charge >= 0.3 is 0 Å². The summed E-state index contributed by atoms with van der Waals surface area (Å²) in [5.41, 5.74) is 1.42. The van der Waals surface area contributed by atoms with Crippen LogP contribution >= 0.6 is 25.4 Å². The van der Waals surface area contributed by atoms with Crippen molar-refractivity contribution in [1.82, 2.24) is 24.8 Å². The van der Waals surface area contributed by atoms with E-state index in [-0.39, 0.29) is 18.3 Å². The largest absolute Gasteiger partial charge is 0.368 e. The van der Waals surface area contributed by atoms with Crippen LogP contribution in [0.5, 0.6) is 0 Å². The normalized spacial score (nSPS) is 27.3. The Labute approximate surface area is 188 Å². The highest BCUT2D eigenvalue weighted by Gasteiger charge is 2.56. The van der Waals surface area contributed by atoms with Crippen LogP contribution in [0.15, 0.2) is 12.7 Å². The Bertz CT molecular complexity index is 885. The fourth-order valence-corrected chi connectivity index (χ4v) is 4.81. The molecule has 172 valence electrons. The van der Waals surface area contributed by atoms with E-state index in [4.69, 9.17) is 18.7 Å². The summed E-state index contributed by atoms with van der Waals surface area (Å²) < 4.78 is 26.4. The van der Waals surface area contributed by atoms with E-state index in [1.807, 2.05) is 25.5 Å². The lowest BCUT2D eigenvalue weighted by Crippen LogP contribution is -2.32.